The standard InChI is InChI=1S/C23H31N3O4S/c1-4-22(30-21-13-11-19(12-14-21)25(2)31(3,28)29)23(27)24-17-18-7-9-20(10-8-18)26-15-5-6-16-26/h7-14,22H,4-6,15-17H2,1-3H3,(H,24,27). The Morgan fingerprint density at radius 2 is 1.71 bits per heavy atom. The molecular weight excluding hydrogens is 414 g/mol. The van der Waals surface area contributed by atoms with Crippen molar-refractivity contribution in [3.8, 4) is 5.75 Å². The predicted octanol–water partition coefficient (Wildman–Crippen LogP) is 3.16. The summed E-state index contributed by atoms with van der Waals surface area (Å²) < 4.78 is 30.3. The molecule has 0 aliphatic carbocycles. The van der Waals surface area contributed by atoms with Crippen LogP contribution in [0.25, 0.3) is 0 Å². The monoisotopic (exact) mass is 445 g/mol. The summed E-state index contributed by atoms with van der Waals surface area (Å²) in [7, 11) is -1.83. The summed E-state index contributed by atoms with van der Waals surface area (Å²) in [5.74, 6) is 0.339. The third-order valence-electron chi connectivity index (χ3n) is 5.51. The Bertz CT molecular complexity index is 969. The molecule has 1 heterocycles. The number of nitrogens with zero attached hydrogens (tertiary/aromatic N) is 2. The van der Waals surface area contributed by atoms with Gasteiger partial charge in [0.15, 0.2) is 6.10 Å². The quantitative estimate of drug-likeness (QED) is 0.641. The maximum atomic E-state index is 12.6. The van der Waals surface area contributed by atoms with Crippen LogP contribution in [0.15, 0.2) is 48.5 Å². The number of amides is 1. The van der Waals surface area contributed by atoms with Gasteiger partial charge in [-0.1, -0.05) is 19.1 Å². The molecule has 0 spiro atoms. The lowest BCUT2D eigenvalue weighted by atomic mass is 10.2. The van der Waals surface area contributed by atoms with Gasteiger partial charge in [-0.15, -0.1) is 0 Å². The molecule has 1 aliphatic rings. The van der Waals surface area contributed by atoms with Gasteiger partial charge in [0.2, 0.25) is 10.0 Å². The number of benzene rings is 2. The highest BCUT2D eigenvalue weighted by Gasteiger charge is 2.19. The summed E-state index contributed by atoms with van der Waals surface area (Å²) >= 11 is 0. The molecule has 1 amide bonds. The maximum Gasteiger partial charge on any atom is 0.261 e. The molecule has 3 rings (SSSR count). The Hall–Kier alpha value is -2.74. The molecule has 0 aromatic heterocycles. The van der Waals surface area contributed by atoms with Crippen molar-refractivity contribution in [2.45, 2.75) is 38.8 Å². The van der Waals surface area contributed by atoms with Gasteiger partial charge in [-0.3, -0.25) is 9.10 Å². The fourth-order valence-corrected chi connectivity index (χ4v) is 4.02. The number of anilines is 2. The van der Waals surface area contributed by atoms with E-state index in [1.165, 1.54) is 29.9 Å². The lowest BCUT2D eigenvalue weighted by molar-refractivity contribution is -0.128. The molecule has 1 atom stereocenters. The SMILES string of the molecule is CCC(Oc1ccc(N(C)S(C)(=O)=O)cc1)C(=O)NCc1ccc(N2CCCC2)cc1. The Balaban J connectivity index is 1.54. The zero-order chi connectivity index (χ0) is 22.4. The fraction of sp³-hybridized carbons (Fsp3) is 0.435. The molecule has 168 valence electrons. The highest BCUT2D eigenvalue weighted by Crippen LogP contribution is 2.22. The number of sulfonamides is 1. The first-order valence-electron chi connectivity index (χ1n) is 10.6. The minimum Gasteiger partial charge on any atom is -0.481 e. The van der Waals surface area contributed by atoms with E-state index in [-0.39, 0.29) is 5.91 Å². The number of carbonyl (C=O) groups is 1. The number of nitrogens with one attached hydrogen (secondary N) is 1. The molecule has 1 unspecified atom stereocenters. The Kier molecular flexibility index (Phi) is 7.43. The van der Waals surface area contributed by atoms with E-state index in [2.05, 4.69) is 22.3 Å². The third-order valence-corrected chi connectivity index (χ3v) is 6.72. The van der Waals surface area contributed by atoms with E-state index >= 15 is 0 Å². The Labute approximate surface area is 185 Å². The van der Waals surface area contributed by atoms with Crippen molar-refractivity contribution in [3.05, 3.63) is 54.1 Å². The van der Waals surface area contributed by atoms with Crippen molar-refractivity contribution in [3.63, 3.8) is 0 Å². The largest absolute Gasteiger partial charge is 0.481 e. The highest BCUT2D eigenvalue weighted by atomic mass is 32.2. The summed E-state index contributed by atoms with van der Waals surface area (Å²) in [6.45, 7) is 4.55. The van der Waals surface area contributed by atoms with Crippen LogP contribution >= 0.6 is 0 Å². The Morgan fingerprint density at radius 1 is 1.10 bits per heavy atom. The average molecular weight is 446 g/mol. The topological polar surface area (TPSA) is 78.9 Å². The second-order valence-corrected chi connectivity index (χ2v) is 9.83. The zero-order valence-corrected chi connectivity index (χ0v) is 19.2. The minimum atomic E-state index is -3.33. The van der Waals surface area contributed by atoms with E-state index < -0.39 is 16.1 Å². The summed E-state index contributed by atoms with van der Waals surface area (Å²) in [5.41, 5.74) is 2.80. The van der Waals surface area contributed by atoms with E-state index in [9.17, 15) is 13.2 Å². The first kappa shape index (κ1) is 22.9. The zero-order valence-electron chi connectivity index (χ0n) is 18.4. The highest BCUT2D eigenvalue weighted by molar-refractivity contribution is 7.92. The van der Waals surface area contributed by atoms with Gasteiger partial charge in [0.05, 0.1) is 11.9 Å². The van der Waals surface area contributed by atoms with Crippen LogP contribution in [0, 0.1) is 0 Å². The normalized spacial score (nSPS) is 14.9. The molecule has 2 aromatic rings. The first-order valence-corrected chi connectivity index (χ1v) is 12.4. The van der Waals surface area contributed by atoms with Crippen LogP contribution in [0.2, 0.25) is 0 Å². The molecule has 1 N–H and O–H groups in total. The Morgan fingerprint density at radius 3 is 2.26 bits per heavy atom. The minimum absolute atomic E-state index is 0.177. The summed E-state index contributed by atoms with van der Waals surface area (Å²) in [6, 6.07) is 15.0. The number of ether oxygens (including phenoxy) is 1. The molecule has 8 heteroatoms. The lowest BCUT2D eigenvalue weighted by Gasteiger charge is -2.20. The van der Waals surface area contributed by atoms with Crippen LogP contribution in [0.5, 0.6) is 5.75 Å². The van der Waals surface area contributed by atoms with Crippen LogP contribution in [-0.2, 0) is 21.4 Å². The van der Waals surface area contributed by atoms with Gasteiger partial charge in [-0.2, -0.15) is 0 Å². The number of hydrogen-bond donors (Lipinski definition) is 1. The van der Waals surface area contributed by atoms with E-state index in [0.717, 1.165) is 24.9 Å². The first-order chi connectivity index (χ1) is 14.8. The van der Waals surface area contributed by atoms with Gasteiger partial charge in [0.1, 0.15) is 5.75 Å². The van der Waals surface area contributed by atoms with E-state index in [0.29, 0.717) is 24.4 Å². The maximum absolute atomic E-state index is 12.6. The molecule has 7 nitrogen and oxygen atoms in total. The van der Waals surface area contributed by atoms with E-state index in [1.807, 2.05) is 19.1 Å². The smallest absolute Gasteiger partial charge is 0.261 e. The molecule has 0 radical (unpaired) electrons. The number of rotatable bonds is 9. The molecule has 0 saturated carbocycles. The summed E-state index contributed by atoms with van der Waals surface area (Å²) in [4.78, 5) is 15.0. The molecule has 31 heavy (non-hydrogen) atoms. The molecular formula is C23H31N3O4S. The second kappa shape index (κ2) is 10.0. The van der Waals surface area contributed by atoms with Gasteiger partial charge in [-0.25, -0.2) is 8.42 Å². The summed E-state index contributed by atoms with van der Waals surface area (Å²) in [6.07, 6.45) is 3.53. The fourth-order valence-electron chi connectivity index (χ4n) is 3.52. The number of hydrogen-bond acceptors (Lipinski definition) is 5. The van der Waals surface area contributed by atoms with Gasteiger partial charge in [0, 0.05) is 32.4 Å². The van der Waals surface area contributed by atoms with Crippen molar-refractivity contribution >= 4 is 27.3 Å². The van der Waals surface area contributed by atoms with Crippen molar-refractivity contribution in [2.75, 3.05) is 35.6 Å². The van der Waals surface area contributed by atoms with Crippen molar-refractivity contribution in [1.82, 2.24) is 5.32 Å². The molecule has 1 aliphatic heterocycles. The van der Waals surface area contributed by atoms with Crippen LogP contribution < -0.4 is 19.3 Å². The molecule has 0 bridgehead atoms. The third kappa shape index (κ3) is 6.13. The van der Waals surface area contributed by atoms with E-state index in [4.69, 9.17) is 4.74 Å². The van der Waals surface area contributed by atoms with Gasteiger partial charge >= 0.3 is 0 Å². The lowest BCUT2D eigenvalue weighted by Crippen LogP contribution is -2.37. The van der Waals surface area contributed by atoms with Crippen molar-refractivity contribution < 1.29 is 17.9 Å². The van der Waals surface area contributed by atoms with Gasteiger partial charge < -0.3 is 15.0 Å². The second-order valence-electron chi connectivity index (χ2n) is 7.82. The van der Waals surface area contributed by atoms with Gasteiger partial charge in [0.25, 0.3) is 5.91 Å². The van der Waals surface area contributed by atoms with E-state index in [1.54, 1.807) is 24.3 Å². The molecule has 1 saturated heterocycles. The van der Waals surface area contributed by atoms with Crippen LogP contribution in [-0.4, -0.2) is 46.8 Å². The van der Waals surface area contributed by atoms with Crippen molar-refractivity contribution in [1.29, 1.82) is 0 Å². The number of carbonyl (C=O) groups excluding carboxylic acids is 1. The van der Waals surface area contributed by atoms with Crippen LogP contribution in [0.3, 0.4) is 0 Å². The molecule has 2 aromatic carbocycles. The van der Waals surface area contributed by atoms with Crippen LogP contribution in [0.4, 0.5) is 11.4 Å². The van der Waals surface area contributed by atoms with Crippen LogP contribution in [0.1, 0.15) is 31.7 Å². The molecule has 1 fully saturated rings. The van der Waals surface area contributed by atoms with Crippen molar-refractivity contribution in [2.24, 2.45) is 0 Å². The van der Waals surface area contributed by atoms with Gasteiger partial charge in [-0.05, 0) is 61.2 Å². The summed E-state index contributed by atoms with van der Waals surface area (Å²) in [5, 5.41) is 2.94. The average Bonchev–Trinajstić information content (AvgIpc) is 3.30. The predicted molar refractivity (Wildman–Crippen MR) is 124 cm³/mol.